The lowest BCUT2D eigenvalue weighted by molar-refractivity contribution is 0.101. The van der Waals surface area contributed by atoms with Gasteiger partial charge in [0.1, 0.15) is 17.8 Å². The van der Waals surface area contributed by atoms with E-state index in [0.717, 1.165) is 5.56 Å². The number of nitrogens with one attached hydrogen (secondary N) is 1. The van der Waals surface area contributed by atoms with Crippen LogP contribution in [0.3, 0.4) is 0 Å². The van der Waals surface area contributed by atoms with Crippen molar-refractivity contribution in [3.8, 4) is 0 Å². The van der Waals surface area contributed by atoms with Gasteiger partial charge in [0.05, 0.1) is 24.8 Å². The summed E-state index contributed by atoms with van der Waals surface area (Å²) in [4.78, 5) is 21.5. The van der Waals surface area contributed by atoms with E-state index in [1.807, 2.05) is 12.1 Å². The summed E-state index contributed by atoms with van der Waals surface area (Å²) < 4.78 is 28.5. The van der Waals surface area contributed by atoms with Gasteiger partial charge in [-0.25, -0.2) is 15.1 Å². The number of aliphatic hydroxyl groups is 1. The molecule has 4 rings (SSSR count). The number of hydrogen-bond donors (Lipinski definition) is 3. The Morgan fingerprint density at radius 1 is 1.27 bits per heavy atom. The fourth-order valence-corrected chi connectivity index (χ4v) is 4.78. The van der Waals surface area contributed by atoms with Gasteiger partial charge in [0.15, 0.2) is 0 Å². The van der Waals surface area contributed by atoms with Crippen molar-refractivity contribution in [1.29, 1.82) is 0 Å². The lowest BCUT2D eigenvalue weighted by atomic mass is 9.86. The van der Waals surface area contributed by atoms with Crippen molar-refractivity contribution in [2.75, 3.05) is 11.9 Å². The van der Waals surface area contributed by atoms with Gasteiger partial charge in [-0.3, -0.25) is 13.7 Å². The first kappa shape index (κ1) is 26.9. The number of carbonyl (C=O) groups is 1. The SMILES string of the molecule is CC(C)(C)c1cccc(Cn2ccc(C(=O)c3cncnc3N[C@@H]3C[C@H](COS(N)(=O)=O)[C@@H](O)C3)n2)c1. The summed E-state index contributed by atoms with van der Waals surface area (Å²) in [6.07, 6.45) is 4.48. The monoisotopic (exact) mass is 528 g/mol. The van der Waals surface area contributed by atoms with E-state index in [1.54, 1.807) is 16.9 Å². The molecule has 1 aromatic carbocycles. The molecule has 2 aromatic heterocycles. The molecule has 1 aliphatic carbocycles. The number of rotatable bonds is 9. The molecule has 0 aliphatic heterocycles. The van der Waals surface area contributed by atoms with Crippen molar-refractivity contribution in [2.24, 2.45) is 11.1 Å². The van der Waals surface area contributed by atoms with E-state index in [1.165, 1.54) is 18.1 Å². The van der Waals surface area contributed by atoms with Crippen LogP contribution in [-0.4, -0.2) is 57.8 Å². The molecule has 0 saturated heterocycles. The average Bonchev–Trinajstić information content (AvgIpc) is 3.43. The number of nitrogens with zero attached hydrogens (tertiary/aromatic N) is 4. The van der Waals surface area contributed by atoms with Gasteiger partial charge < -0.3 is 10.4 Å². The number of anilines is 1. The largest absolute Gasteiger partial charge is 0.393 e. The summed E-state index contributed by atoms with van der Waals surface area (Å²) >= 11 is 0. The van der Waals surface area contributed by atoms with Gasteiger partial charge in [0.2, 0.25) is 5.78 Å². The van der Waals surface area contributed by atoms with E-state index in [2.05, 4.69) is 57.5 Å². The highest BCUT2D eigenvalue weighted by molar-refractivity contribution is 7.84. The maximum absolute atomic E-state index is 13.3. The van der Waals surface area contributed by atoms with Crippen LogP contribution in [0, 0.1) is 5.92 Å². The van der Waals surface area contributed by atoms with E-state index in [9.17, 15) is 18.3 Å². The molecular weight excluding hydrogens is 496 g/mol. The Morgan fingerprint density at radius 3 is 2.78 bits per heavy atom. The first-order valence-corrected chi connectivity index (χ1v) is 13.5. The van der Waals surface area contributed by atoms with Gasteiger partial charge in [0.25, 0.3) is 0 Å². The maximum atomic E-state index is 13.3. The number of nitrogens with two attached hydrogens (primary N) is 1. The zero-order valence-electron chi connectivity index (χ0n) is 21.0. The lowest BCUT2D eigenvalue weighted by Gasteiger charge is -2.19. The molecule has 3 atom stereocenters. The second kappa shape index (κ2) is 10.7. The summed E-state index contributed by atoms with van der Waals surface area (Å²) in [5, 5.41) is 22.9. The first-order chi connectivity index (χ1) is 17.4. The highest BCUT2D eigenvalue weighted by atomic mass is 32.2. The van der Waals surface area contributed by atoms with E-state index >= 15 is 0 Å². The van der Waals surface area contributed by atoms with Crippen LogP contribution in [0.4, 0.5) is 5.82 Å². The van der Waals surface area contributed by atoms with E-state index in [0.29, 0.717) is 25.2 Å². The molecule has 0 unspecified atom stereocenters. The van der Waals surface area contributed by atoms with Crippen molar-refractivity contribution in [1.82, 2.24) is 19.7 Å². The van der Waals surface area contributed by atoms with Crippen LogP contribution in [0.15, 0.2) is 49.1 Å². The smallest absolute Gasteiger partial charge is 0.333 e. The minimum Gasteiger partial charge on any atom is -0.393 e. The zero-order valence-corrected chi connectivity index (χ0v) is 21.9. The number of ketones is 1. The summed E-state index contributed by atoms with van der Waals surface area (Å²) in [5.74, 6) is -0.445. The zero-order chi connectivity index (χ0) is 26.8. The Labute approximate surface area is 216 Å². The molecule has 3 aromatic rings. The van der Waals surface area contributed by atoms with Gasteiger partial charge in [-0.05, 0) is 35.4 Å². The van der Waals surface area contributed by atoms with Gasteiger partial charge in [0, 0.05) is 24.4 Å². The predicted molar refractivity (Wildman–Crippen MR) is 137 cm³/mol. The molecular formula is C25H32N6O5S. The molecule has 1 fully saturated rings. The number of carbonyl (C=O) groups excluding carboxylic acids is 1. The second-order valence-corrected chi connectivity index (χ2v) is 11.6. The topological polar surface area (TPSA) is 162 Å². The average molecular weight is 529 g/mol. The van der Waals surface area contributed by atoms with E-state index in [4.69, 9.17) is 5.14 Å². The molecule has 1 saturated carbocycles. The normalized spacial score (nSPS) is 20.2. The van der Waals surface area contributed by atoms with Crippen LogP contribution < -0.4 is 10.5 Å². The number of aromatic nitrogens is 4. The fourth-order valence-electron chi connectivity index (χ4n) is 4.42. The molecule has 37 heavy (non-hydrogen) atoms. The molecule has 1 aliphatic rings. The molecule has 4 N–H and O–H groups in total. The van der Waals surface area contributed by atoms with Gasteiger partial charge in [-0.2, -0.15) is 13.5 Å². The van der Waals surface area contributed by atoms with Crippen LogP contribution in [-0.2, 0) is 26.4 Å². The first-order valence-electron chi connectivity index (χ1n) is 12.0. The standard InChI is InChI=1S/C25H32N6O5S/c1-25(2,3)18-6-4-5-16(9-18)13-31-8-7-21(30-31)23(33)20-12-27-15-28-24(20)29-19-10-17(22(32)11-19)14-36-37(26,34)35/h4-9,12,15,17,19,22,32H,10-11,13-14H2,1-3H3,(H2,26,34,35)(H,27,28,29)/t17-,19-,22+/m1/s1. The van der Waals surface area contributed by atoms with E-state index < -0.39 is 22.3 Å². The molecule has 2 heterocycles. The molecule has 0 radical (unpaired) electrons. The molecule has 0 amide bonds. The Balaban J connectivity index is 1.45. The lowest BCUT2D eigenvalue weighted by Crippen LogP contribution is -2.24. The third kappa shape index (κ3) is 6.98. The quantitative estimate of drug-likeness (QED) is 0.353. The third-order valence-corrected chi connectivity index (χ3v) is 6.88. The third-order valence-electron chi connectivity index (χ3n) is 6.41. The van der Waals surface area contributed by atoms with Gasteiger partial charge >= 0.3 is 10.3 Å². The summed E-state index contributed by atoms with van der Waals surface area (Å²) in [6, 6.07) is 9.71. The molecule has 11 nitrogen and oxygen atoms in total. The van der Waals surface area contributed by atoms with Gasteiger partial charge in [-0.15, -0.1) is 0 Å². The van der Waals surface area contributed by atoms with E-state index in [-0.39, 0.29) is 35.1 Å². The number of hydrogen-bond acceptors (Lipinski definition) is 9. The van der Waals surface area contributed by atoms with Crippen LogP contribution >= 0.6 is 0 Å². The van der Waals surface area contributed by atoms with Crippen LogP contribution in [0.2, 0.25) is 0 Å². The molecule has 0 bridgehead atoms. The molecule has 198 valence electrons. The fraction of sp³-hybridized carbons (Fsp3) is 0.440. The van der Waals surface area contributed by atoms with Crippen molar-refractivity contribution < 1.29 is 22.5 Å². The number of benzene rings is 1. The Bertz CT molecular complexity index is 1370. The van der Waals surface area contributed by atoms with Crippen molar-refractivity contribution >= 4 is 21.9 Å². The minimum absolute atomic E-state index is 0.0302. The van der Waals surface area contributed by atoms with Crippen molar-refractivity contribution in [3.05, 3.63) is 71.4 Å². The Hall–Kier alpha value is -3.19. The highest BCUT2D eigenvalue weighted by Crippen LogP contribution is 2.30. The summed E-state index contributed by atoms with van der Waals surface area (Å²) in [5.41, 5.74) is 2.85. The van der Waals surface area contributed by atoms with Crippen molar-refractivity contribution in [3.63, 3.8) is 0 Å². The van der Waals surface area contributed by atoms with Crippen molar-refractivity contribution in [2.45, 2.75) is 57.7 Å². The molecule has 0 spiro atoms. The van der Waals surface area contributed by atoms with Crippen LogP contribution in [0.1, 0.15) is 60.8 Å². The Morgan fingerprint density at radius 2 is 2.05 bits per heavy atom. The van der Waals surface area contributed by atoms with Gasteiger partial charge in [-0.1, -0.05) is 45.0 Å². The highest BCUT2D eigenvalue weighted by Gasteiger charge is 2.35. The summed E-state index contributed by atoms with van der Waals surface area (Å²) in [6.45, 7) is 6.79. The van der Waals surface area contributed by atoms with Crippen LogP contribution in [0.5, 0.6) is 0 Å². The minimum atomic E-state index is -4.09. The number of aliphatic hydroxyl groups excluding tert-OH is 1. The predicted octanol–water partition coefficient (Wildman–Crippen LogP) is 2.02. The Kier molecular flexibility index (Phi) is 7.74. The second-order valence-electron chi connectivity index (χ2n) is 10.4. The molecule has 12 heteroatoms. The van der Waals surface area contributed by atoms with Crippen LogP contribution in [0.25, 0.3) is 0 Å². The summed E-state index contributed by atoms with van der Waals surface area (Å²) in [7, 11) is -4.09. The maximum Gasteiger partial charge on any atom is 0.333 e.